The molecule has 2 amide bonds. The number of hydrogen-bond donors (Lipinski definition) is 2. The zero-order valence-electron chi connectivity index (χ0n) is 9.20. The fourth-order valence-electron chi connectivity index (χ4n) is 1.31. The van der Waals surface area contributed by atoms with E-state index in [-0.39, 0.29) is 6.42 Å². The Morgan fingerprint density at radius 1 is 1.22 bits per heavy atom. The monoisotopic (exact) mass is 260 g/mol. The highest BCUT2D eigenvalue weighted by Gasteiger charge is 2.40. The number of benzene rings is 1. The van der Waals surface area contributed by atoms with E-state index in [1.807, 2.05) is 0 Å². The Kier molecular flexibility index (Phi) is 4.30. The third-order valence-electron chi connectivity index (χ3n) is 2.19. The molecular formula is C11H11F3N2O2. The number of hydrogen-bond acceptors (Lipinski definition) is 2. The molecule has 1 unspecified atom stereocenters. The van der Waals surface area contributed by atoms with Crippen LogP contribution in [0.1, 0.15) is 5.56 Å². The summed E-state index contributed by atoms with van der Waals surface area (Å²) in [7, 11) is 0. The second kappa shape index (κ2) is 5.52. The fourth-order valence-corrected chi connectivity index (χ4v) is 1.31. The SMILES string of the molecule is NC(=O)C(Cc1ccccc1)NC(=O)C(F)(F)F. The molecule has 1 aromatic carbocycles. The minimum atomic E-state index is -5.04. The van der Waals surface area contributed by atoms with Crippen molar-refractivity contribution in [2.24, 2.45) is 5.73 Å². The van der Waals surface area contributed by atoms with Gasteiger partial charge in [-0.05, 0) is 5.56 Å². The highest BCUT2D eigenvalue weighted by atomic mass is 19.4. The summed E-state index contributed by atoms with van der Waals surface area (Å²) in [5, 5.41) is 1.57. The molecule has 0 aliphatic carbocycles. The largest absolute Gasteiger partial charge is 0.471 e. The van der Waals surface area contributed by atoms with E-state index in [4.69, 9.17) is 5.73 Å². The van der Waals surface area contributed by atoms with E-state index in [2.05, 4.69) is 0 Å². The molecule has 0 spiro atoms. The van der Waals surface area contributed by atoms with E-state index < -0.39 is 24.0 Å². The molecule has 1 atom stereocenters. The summed E-state index contributed by atoms with van der Waals surface area (Å²) in [6.45, 7) is 0. The van der Waals surface area contributed by atoms with Crippen LogP contribution in [0.3, 0.4) is 0 Å². The van der Waals surface area contributed by atoms with Crippen LogP contribution in [0, 0.1) is 0 Å². The maximum atomic E-state index is 12.0. The normalized spacial score (nSPS) is 12.8. The predicted octanol–water partition coefficient (Wildman–Crippen LogP) is 0.761. The van der Waals surface area contributed by atoms with E-state index in [9.17, 15) is 22.8 Å². The van der Waals surface area contributed by atoms with Gasteiger partial charge in [-0.3, -0.25) is 9.59 Å². The minimum Gasteiger partial charge on any atom is -0.368 e. The van der Waals surface area contributed by atoms with Gasteiger partial charge in [0.05, 0.1) is 0 Å². The lowest BCUT2D eigenvalue weighted by atomic mass is 10.1. The molecule has 1 aromatic rings. The van der Waals surface area contributed by atoms with Crippen molar-refractivity contribution < 1.29 is 22.8 Å². The first-order valence-electron chi connectivity index (χ1n) is 5.01. The van der Waals surface area contributed by atoms with Crippen molar-refractivity contribution in [1.29, 1.82) is 0 Å². The molecule has 7 heteroatoms. The first-order chi connectivity index (χ1) is 8.30. The Balaban J connectivity index is 2.73. The van der Waals surface area contributed by atoms with Crippen LogP contribution < -0.4 is 11.1 Å². The van der Waals surface area contributed by atoms with Crippen molar-refractivity contribution in [3.05, 3.63) is 35.9 Å². The molecule has 0 fully saturated rings. The maximum absolute atomic E-state index is 12.0. The fraction of sp³-hybridized carbons (Fsp3) is 0.273. The van der Waals surface area contributed by atoms with Crippen LogP contribution in [0.2, 0.25) is 0 Å². The third-order valence-corrected chi connectivity index (χ3v) is 2.19. The molecule has 0 aliphatic rings. The molecule has 4 nitrogen and oxygen atoms in total. The second-order valence-electron chi connectivity index (χ2n) is 3.62. The number of amides is 2. The van der Waals surface area contributed by atoms with Gasteiger partial charge in [0.15, 0.2) is 0 Å². The Hall–Kier alpha value is -2.05. The molecule has 0 heterocycles. The van der Waals surface area contributed by atoms with Gasteiger partial charge in [-0.15, -0.1) is 0 Å². The number of carbonyl (C=O) groups excluding carboxylic acids is 2. The van der Waals surface area contributed by atoms with Gasteiger partial charge >= 0.3 is 12.1 Å². The highest BCUT2D eigenvalue weighted by Crippen LogP contribution is 2.15. The summed E-state index contributed by atoms with van der Waals surface area (Å²) in [6, 6.07) is 6.90. The molecule has 0 bridgehead atoms. The van der Waals surface area contributed by atoms with Gasteiger partial charge in [-0.2, -0.15) is 13.2 Å². The Morgan fingerprint density at radius 3 is 2.22 bits per heavy atom. The minimum absolute atomic E-state index is 0.0853. The summed E-state index contributed by atoms with van der Waals surface area (Å²) in [6.07, 6.45) is -5.12. The summed E-state index contributed by atoms with van der Waals surface area (Å²) >= 11 is 0. The van der Waals surface area contributed by atoms with E-state index in [1.54, 1.807) is 35.6 Å². The van der Waals surface area contributed by atoms with Crippen LogP contribution in [0.25, 0.3) is 0 Å². The van der Waals surface area contributed by atoms with Crippen molar-refractivity contribution in [2.45, 2.75) is 18.6 Å². The number of carbonyl (C=O) groups is 2. The summed E-state index contributed by atoms with van der Waals surface area (Å²) in [5.41, 5.74) is 5.56. The Bertz CT molecular complexity index is 432. The lowest BCUT2D eigenvalue weighted by Gasteiger charge is -2.16. The van der Waals surface area contributed by atoms with Crippen LogP contribution in [-0.2, 0) is 16.0 Å². The van der Waals surface area contributed by atoms with E-state index in [0.717, 1.165) is 0 Å². The average Bonchev–Trinajstić information content (AvgIpc) is 2.28. The van der Waals surface area contributed by atoms with Gasteiger partial charge < -0.3 is 11.1 Å². The number of halogens is 3. The molecule has 1 rings (SSSR count). The van der Waals surface area contributed by atoms with Crippen molar-refractivity contribution in [2.75, 3.05) is 0 Å². The van der Waals surface area contributed by atoms with Crippen molar-refractivity contribution >= 4 is 11.8 Å². The molecule has 0 aliphatic heterocycles. The third kappa shape index (κ3) is 4.08. The van der Waals surface area contributed by atoms with Gasteiger partial charge in [-0.25, -0.2) is 0 Å². The lowest BCUT2D eigenvalue weighted by Crippen LogP contribution is -2.50. The van der Waals surface area contributed by atoms with E-state index in [0.29, 0.717) is 5.56 Å². The molecule has 0 radical (unpaired) electrons. The highest BCUT2D eigenvalue weighted by molar-refractivity contribution is 5.89. The second-order valence-corrected chi connectivity index (χ2v) is 3.62. The molecule has 18 heavy (non-hydrogen) atoms. The molecule has 0 aromatic heterocycles. The van der Waals surface area contributed by atoms with Crippen LogP contribution in [0.5, 0.6) is 0 Å². The Labute approximate surface area is 101 Å². The summed E-state index contributed by atoms with van der Waals surface area (Å²) in [5.74, 6) is -3.20. The topological polar surface area (TPSA) is 72.2 Å². The summed E-state index contributed by atoms with van der Waals surface area (Å²) < 4.78 is 36.1. The van der Waals surface area contributed by atoms with Crippen molar-refractivity contribution in [3.8, 4) is 0 Å². The van der Waals surface area contributed by atoms with Crippen molar-refractivity contribution in [3.63, 3.8) is 0 Å². The van der Waals surface area contributed by atoms with E-state index >= 15 is 0 Å². The van der Waals surface area contributed by atoms with Crippen LogP contribution in [-0.4, -0.2) is 24.0 Å². The Morgan fingerprint density at radius 2 is 1.78 bits per heavy atom. The molecule has 98 valence electrons. The molecule has 0 saturated heterocycles. The zero-order valence-corrected chi connectivity index (χ0v) is 9.20. The number of rotatable bonds is 4. The van der Waals surface area contributed by atoms with E-state index in [1.165, 1.54) is 0 Å². The smallest absolute Gasteiger partial charge is 0.368 e. The standard InChI is InChI=1S/C11H11F3N2O2/c12-11(13,14)10(18)16-8(9(15)17)6-7-4-2-1-3-5-7/h1-5,8H,6H2,(H2,15,17)(H,16,18). The predicted molar refractivity (Wildman–Crippen MR) is 57.3 cm³/mol. The van der Waals surface area contributed by atoms with Gasteiger partial charge in [0.25, 0.3) is 0 Å². The number of nitrogens with one attached hydrogen (secondary N) is 1. The number of primary amides is 1. The molecular weight excluding hydrogens is 249 g/mol. The average molecular weight is 260 g/mol. The van der Waals surface area contributed by atoms with Gasteiger partial charge in [0, 0.05) is 6.42 Å². The van der Waals surface area contributed by atoms with Crippen LogP contribution >= 0.6 is 0 Å². The van der Waals surface area contributed by atoms with Crippen LogP contribution in [0.15, 0.2) is 30.3 Å². The van der Waals surface area contributed by atoms with Gasteiger partial charge in [0.1, 0.15) is 6.04 Å². The summed E-state index contributed by atoms with van der Waals surface area (Å²) in [4.78, 5) is 21.7. The van der Waals surface area contributed by atoms with Gasteiger partial charge in [0.2, 0.25) is 5.91 Å². The van der Waals surface area contributed by atoms with Gasteiger partial charge in [-0.1, -0.05) is 30.3 Å². The first-order valence-corrected chi connectivity index (χ1v) is 5.01. The zero-order chi connectivity index (χ0) is 13.8. The number of nitrogens with two attached hydrogens (primary N) is 1. The first kappa shape index (κ1) is 14.0. The lowest BCUT2D eigenvalue weighted by molar-refractivity contribution is -0.174. The van der Waals surface area contributed by atoms with Crippen LogP contribution in [0.4, 0.5) is 13.2 Å². The molecule has 0 saturated carbocycles. The quantitative estimate of drug-likeness (QED) is 0.839. The number of alkyl halides is 3. The van der Waals surface area contributed by atoms with Crippen molar-refractivity contribution in [1.82, 2.24) is 5.32 Å². The maximum Gasteiger partial charge on any atom is 0.471 e. The molecule has 3 N–H and O–H groups in total.